The summed E-state index contributed by atoms with van der Waals surface area (Å²) in [5, 5.41) is 39.8. The van der Waals surface area contributed by atoms with Crippen molar-refractivity contribution in [1.82, 2.24) is 0 Å². The first-order chi connectivity index (χ1) is 26.9. The Morgan fingerprint density at radius 2 is 0.982 bits per heavy atom. The first-order valence-corrected chi connectivity index (χ1v) is 24.2. The predicted octanol–water partition coefficient (Wildman–Crippen LogP) is 12.1. The van der Waals surface area contributed by atoms with Gasteiger partial charge in [0.25, 0.3) is 0 Å². The van der Waals surface area contributed by atoms with E-state index in [1.165, 1.54) is 89.9 Å². The Hall–Kier alpha value is -1.20. The summed E-state index contributed by atoms with van der Waals surface area (Å²) >= 11 is 0. The van der Waals surface area contributed by atoms with E-state index in [9.17, 15) is 20.4 Å². The van der Waals surface area contributed by atoms with Crippen LogP contribution in [0, 0.1) is 69.0 Å². The number of aliphatic hydroxyl groups is 4. The van der Waals surface area contributed by atoms with Crippen LogP contribution < -0.4 is 0 Å². The quantitative estimate of drug-likeness (QED) is 0.167. The number of aliphatic hydroxyl groups excluding tert-OH is 4. The zero-order valence-corrected chi connectivity index (χ0v) is 36.8. The highest BCUT2D eigenvalue weighted by Crippen LogP contribution is 2.69. The molecule has 0 aromatic carbocycles. The number of allylic oxidation sites excluding steroid dienone is 4. The molecular formula is C52H84O4. The van der Waals surface area contributed by atoms with Crippen molar-refractivity contribution in [2.75, 3.05) is 13.2 Å². The van der Waals surface area contributed by atoms with E-state index in [1.54, 1.807) is 22.3 Å². The predicted molar refractivity (Wildman–Crippen MR) is 232 cm³/mol. The molecule has 4 N–H and O–H groups in total. The minimum atomic E-state index is -0.106. The lowest BCUT2D eigenvalue weighted by atomic mass is 9.47. The van der Waals surface area contributed by atoms with Crippen LogP contribution in [0.2, 0.25) is 0 Å². The fourth-order valence-electron chi connectivity index (χ4n) is 16.3. The molecule has 316 valence electrons. The van der Waals surface area contributed by atoms with Gasteiger partial charge in [-0.25, -0.2) is 0 Å². The molecule has 8 aliphatic carbocycles. The first kappa shape index (κ1) is 42.9. The van der Waals surface area contributed by atoms with Gasteiger partial charge in [0.1, 0.15) is 0 Å². The zero-order chi connectivity index (χ0) is 39.9. The molecule has 0 bridgehead atoms. The maximum atomic E-state index is 10.2. The highest BCUT2D eigenvalue weighted by molar-refractivity contribution is 5.28. The van der Waals surface area contributed by atoms with E-state index in [0.717, 1.165) is 86.9 Å². The highest BCUT2D eigenvalue weighted by atomic mass is 16.3. The topological polar surface area (TPSA) is 80.9 Å². The summed E-state index contributed by atoms with van der Waals surface area (Å²) in [7, 11) is 0. The van der Waals surface area contributed by atoms with E-state index in [4.69, 9.17) is 0 Å². The molecule has 0 radical (unpaired) electrons. The normalized spacial score (nSPS) is 45.8. The molecule has 0 spiro atoms. The Morgan fingerprint density at radius 3 is 1.36 bits per heavy atom. The first-order valence-electron chi connectivity index (χ1n) is 24.2. The third-order valence-electron chi connectivity index (χ3n) is 19.2. The fourth-order valence-corrected chi connectivity index (χ4v) is 16.3. The number of hydrogen-bond acceptors (Lipinski definition) is 4. The lowest BCUT2D eigenvalue weighted by Crippen LogP contribution is -2.50. The van der Waals surface area contributed by atoms with Crippen LogP contribution >= 0.6 is 0 Å². The second-order valence-electron chi connectivity index (χ2n) is 21.7. The minimum absolute atomic E-state index is 0.106. The van der Waals surface area contributed by atoms with E-state index in [1.807, 2.05) is 0 Å². The van der Waals surface area contributed by atoms with Gasteiger partial charge in [-0.2, -0.15) is 0 Å². The number of unbranched alkanes of at least 4 members (excludes halogenated alkanes) is 2. The van der Waals surface area contributed by atoms with E-state index < -0.39 is 0 Å². The van der Waals surface area contributed by atoms with Gasteiger partial charge in [0.15, 0.2) is 0 Å². The van der Waals surface area contributed by atoms with Gasteiger partial charge in [0.05, 0.1) is 12.2 Å². The maximum Gasteiger partial charge on any atom is 0.0577 e. The van der Waals surface area contributed by atoms with Crippen molar-refractivity contribution in [1.29, 1.82) is 0 Å². The summed E-state index contributed by atoms with van der Waals surface area (Å²) in [6.45, 7) is 15.3. The average molecular weight is 773 g/mol. The van der Waals surface area contributed by atoms with Crippen molar-refractivity contribution in [3.63, 3.8) is 0 Å². The van der Waals surface area contributed by atoms with Crippen molar-refractivity contribution in [2.45, 2.75) is 195 Å². The van der Waals surface area contributed by atoms with E-state index in [0.29, 0.717) is 46.7 Å². The summed E-state index contributed by atoms with van der Waals surface area (Å²) in [5.74, 6) is 6.33. The second kappa shape index (κ2) is 17.4. The van der Waals surface area contributed by atoms with E-state index in [-0.39, 0.29) is 12.2 Å². The van der Waals surface area contributed by atoms with E-state index >= 15 is 0 Å². The zero-order valence-electron chi connectivity index (χ0n) is 36.8. The van der Waals surface area contributed by atoms with Gasteiger partial charge in [0.2, 0.25) is 0 Å². The number of rotatable bonds is 10. The standard InChI is InChI=1S/2C26H42O2/c2*1-4-5-6-18(13-16-27)22-9-10-23-21-8-7-19-17-20(28)11-14-25(19,2)24(21)12-15-26(22,23)3/h2*6-7,20-24,27-28H,4-5,8-17H2,1-3H3/b2*18-6+/t2*20-,21-,22+,23-,24-,25-,26+/m00/s1. The molecule has 0 saturated heterocycles. The summed E-state index contributed by atoms with van der Waals surface area (Å²) in [6, 6.07) is 0. The van der Waals surface area contributed by atoms with Crippen LogP contribution in [-0.2, 0) is 0 Å². The summed E-state index contributed by atoms with van der Waals surface area (Å²) in [6.07, 6.45) is 35.8. The highest BCUT2D eigenvalue weighted by Gasteiger charge is 2.60. The van der Waals surface area contributed by atoms with Gasteiger partial charge in [0, 0.05) is 13.2 Å². The van der Waals surface area contributed by atoms with Gasteiger partial charge in [-0.1, -0.05) is 101 Å². The van der Waals surface area contributed by atoms with Gasteiger partial charge in [-0.05, 0) is 197 Å². The van der Waals surface area contributed by atoms with Crippen LogP contribution in [-0.4, -0.2) is 45.8 Å². The van der Waals surface area contributed by atoms with Gasteiger partial charge in [-0.15, -0.1) is 0 Å². The SMILES string of the molecule is CCC/C=C(\CCO)[C@H]1CC[C@H]2[C@@H]3CC=C4C[C@@H](O)CC[C@]4(C)[C@H]3CC[C@]12C.CCC/C=C(\CCO)[C@H]1CC[C@H]2[C@@H]3CC=C4C[C@@H](O)CC[C@]4(C)[C@H]3CC[C@]12C. The van der Waals surface area contributed by atoms with Gasteiger partial charge >= 0.3 is 0 Å². The van der Waals surface area contributed by atoms with Crippen molar-refractivity contribution < 1.29 is 20.4 Å². The Morgan fingerprint density at radius 1 is 0.571 bits per heavy atom. The summed E-state index contributed by atoms with van der Waals surface area (Å²) in [4.78, 5) is 0. The van der Waals surface area contributed by atoms with Crippen LogP contribution in [0.15, 0.2) is 46.6 Å². The molecule has 56 heavy (non-hydrogen) atoms. The van der Waals surface area contributed by atoms with Crippen molar-refractivity contribution in [2.24, 2.45) is 69.0 Å². The lowest BCUT2D eigenvalue weighted by Gasteiger charge is -2.58. The maximum absolute atomic E-state index is 10.2. The van der Waals surface area contributed by atoms with Crippen LogP contribution in [0.5, 0.6) is 0 Å². The van der Waals surface area contributed by atoms with Crippen LogP contribution in [0.25, 0.3) is 0 Å². The smallest absolute Gasteiger partial charge is 0.0577 e. The van der Waals surface area contributed by atoms with Crippen molar-refractivity contribution in [3.8, 4) is 0 Å². The van der Waals surface area contributed by atoms with Crippen LogP contribution in [0.1, 0.15) is 183 Å². The Labute approximate surface area is 343 Å². The molecule has 4 nitrogen and oxygen atoms in total. The monoisotopic (exact) mass is 773 g/mol. The van der Waals surface area contributed by atoms with Gasteiger partial charge < -0.3 is 20.4 Å². The van der Waals surface area contributed by atoms with Crippen LogP contribution in [0.3, 0.4) is 0 Å². The van der Waals surface area contributed by atoms with Crippen molar-refractivity contribution >= 4 is 0 Å². The molecule has 4 heteroatoms. The average Bonchev–Trinajstić information content (AvgIpc) is 3.72. The molecule has 8 aliphatic rings. The molecule has 0 unspecified atom stereocenters. The van der Waals surface area contributed by atoms with Gasteiger partial charge in [-0.3, -0.25) is 0 Å². The third-order valence-corrected chi connectivity index (χ3v) is 19.2. The summed E-state index contributed by atoms with van der Waals surface area (Å²) in [5.41, 5.74) is 7.81. The fraction of sp³-hybridized carbons (Fsp3) is 0.846. The van der Waals surface area contributed by atoms with Crippen molar-refractivity contribution in [3.05, 3.63) is 46.6 Å². The number of fused-ring (bicyclic) bond motifs is 10. The molecule has 0 aliphatic heterocycles. The molecule has 0 amide bonds. The molecule has 6 saturated carbocycles. The molecule has 0 heterocycles. The second-order valence-corrected chi connectivity index (χ2v) is 21.7. The number of hydrogen-bond donors (Lipinski definition) is 4. The largest absolute Gasteiger partial charge is 0.396 e. The molecule has 0 aromatic rings. The molecule has 6 fully saturated rings. The third kappa shape index (κ3) is 7.57. The Bertz CT molecular complexity index is 1380. The minimum Gasteiger partial charge on any atom is -0.396 e. The summed E-state index contributed by atoms with van der Waals surface area (Å²) < 4.78 is 0. The molecule has 8 rings (SSSR count). The Balaban J connectivity index is 0.000000172. The van der Waals surface area contributed by atoms with E-state index in [2.05, 4.69) is 65.8 Å². The lowest BCUT2D eigenvalue weighted by molar-refractivity contribution is -0.0458. The Kier molecular flexibility index (Phi) is 13.3. The van der Waals surface area contributed by atoms with Crippen LogP contribution in [0.4, 0.5) is 0 Å². The molecular weight excluding hydrogens is 689 g/mol. The molecule has 0 aromatic heterocycles. The molecule has 14 atom stereocenters.